The highest BCUT2D eigenvalue weighted by atomic mass is 79.9. The van der Waals surface area contributed by atoms with Gasteiger partial charge in [0.05, 0.1) is 10.7 Å². The lowest BCUT2D eigenvalue weighted by Gasteiger charge is -2.25. The van der Waals surface area contributed by atoms with Crippen LogP contribution >= 0.6 is 27.5 Å². The molecule has 5 heteroatoms. The number of ether oxygens (including phenoxy) is 1. The van der Waals surface area contributed by atoms with E-state index in [9.17, 15) is 0 Å². The molecule has 21 heavy (non-hydrogen) atoms. The number of benzene rings is 1. The van der Waals surface area contributed by atoms with Crippen LogP contribution in [0.5, 0.6) is 5.75 Å². The van der Waals surface area contributed by atoms with E-state index in [1.807, 2.05) is 37.3 Å². The minimum atomic E-state index is -0.0996. The fourth-order valence-electron chi connectivity index (χ4n) is 2.12. The molecule has 1 aromatic heterocycles. The lowest BCUT2D eigenvalue weighted by molar-refractivity contribution is 0.157. The second-order valence-electron chi connectivity index (χ2n) is 4.84. The van der Waals surface area contributed by atoms with Gasteiger partial charge in [0.1, 0.15) is 23.7 Å². The zero-order valence-corrected chi connectivity index (χ0v) is 14.4. The maximum Gasteiger partial charge on any atom is 0.138 e. The number of rotatable bonds is 7. The van der Waals surface area contributed by atoms with E-state index in [2.05, 4.69) is 28.2 Å². The van der Waals surface area contributed by atoms with Gasteiger partial charge in [0.2, 0.25) is 0 Å². The molecule has 0 radical (unpaired) electrons. The first-order valence-corrected chi connectivity index (χ1v) is 8.17. The van der Waals surface area contributed by atoms with Gasteiger partial charge in [-0.3, -0.25) is 0 Å². The first-order valence-electron chi connectivity index (χ1n) is 7.00. The summed E-state index contributed by atoms with van der Waals surface area (Å²) in [6.07, 6.45) is 2.61. The molecule has 0 aliphatic rings. The molecule has 0 bridgehead atoms. The fourth-order valence-corrected chi connectivity index (χ4v) is 2.75. The first kappa shape index (κ1) is 16.4. The van der Waals surface area contributed by atoms with Crippen molar-refractivity contribution in [3.05, 3.63) is 51.9 Å². The average molecular weight is 373 g/mol. The molecule has 0 fully saturated rings. The summed E-state index contributed by atoms with van der Waals surface area (Å²) in [4.78, 5) is 0. The molecule has 1 heterocycles. The van der Waals surface area contributed by atoms with Gasteiger partial charge in [-0.25, -0.2) is 0 Å². The molecule has 3 nitrogen and oxygen atoms in total. The van der Waals surface area contributed by atoms with Crippen molar-refractivity contribution in [3.8, 4) is 5.75 Å². The molecule has 0 aliphatic carbocycles. The van der Waals surface area contributed by atoms with Crippen molar-refractivity contribution in [2.75, 3.05) is 6.54 Å². The number of hydrogen-bond acceptors (Lipinski definition) is 3. The number of nitrogens with one attached hydrogen (secondary N) is 1. The van der Waals surface area contributed by atoms with Crippen molar-refractivity contribution in [1.82, 2.24) is 5.32 Å². The van der Waals surface area contributed by atoms with Gasteiger partial charge in [0, 0.05) is 5.02 Å². The molecule has 2 unspecified atom stereocenters. The topological polar surface area (TPSA) is 34.4 Å². The smallest absolute Gasteiger partial charge is 0.138 e. The van der Waals surface area contributed by atoms with E-state index in [1.165, 1.54) is 0 Å². The van der Waals surface area contributed by atoms with Crippen LogP contribution in [0.25, 0.3) is 0 Å². The van der Waals surface area contributed by atoms with Crippen LogP contribution < -0.4 is 10.1 Å². The lowest BCUT2D eigenvalue weighted by atomic mass is 10.1. The average Bonchev–Trinajstić information content (AvgIpc) is 2.86. The van der Waals surface area contributed by atoms with Crippen molar-refractivity contribution in [1.29, 1.82) is 0 Å². The highest BCUT2D eigenvalue weighted by Crippen LogP contribution is 2.29. The summed E-state index contributed by atoms with van der Waals surface area (Å²) in [5.41, 5.74) is 0. The Morgan fingerprint density at radius 1 is 1.38 bits per heavy atom. The SMILES string of the molecule is CCCNC(c1occc1Br)C(C)Oc1cccc(Cl)c1. The third kappa shape index (κ3) is 4.50. The molecule has 0 aliphatic heterocycles. The minimum absolute atomic E-state index is 0.0340. The molecule has 1 aromatic carbocycles. The monoisotopic (exact) mass is 371 g/mol. The molecule has 114 valence electrons. The molecular formula is C16H19BrClNO2. The van der Waals surface area contributed by atoms with E-state index in [1.54, 1.807) is 6.26 Å². The van der Waals surface area contributed by atoms with E-state index in [-0.39, 0.29) is 12.1 Å². The first-order chi connectivity index (χ1) is 10.1. The Kier molecular flexibility index (Phi) is 6.15. The van der Waals surface area contributed by atoms with Crippen LogP contribution in [0.3, 0.4) is 0 Å². The Hall–Kier alpha value is -0.970. The minimum Gasteiger partial charge on any atom is -0.489 e. The van der Waals surface area contributed by atoms with Crippen LogP contribution in [0.4, 0.5) is 0 Å². The zero-order valence-electron chi connectivity index (χ0n) is 12.1. The molecule has 2 rings (SSSR count). The largest absolute Gasteiger partial charge is 0.489 e. The molecular weight excluding hydrogens is 354 g/mol. The van der Waals surface area contributed by atoms with Gasteiger partial charge >= 0.3 is 0 Å². The third-order valence-electron chi connectivity index (χ3n) is 3.13. The Labute approximate surface area is 138 Å². The Balaban J connectivity index is 2.14. The van der Waals surface area contributed by atoms with Gasteiger partial charge in [-0.05, 0) is 60.1 Å². The fraction of sp³-hybridized carbons (Fsp3) is 0.375. The normalized spacial score (nSPS) is 13.9. The quantitative estimate of drug-likeness (QED) is 0.725. The van der Waals surface area contributed by atoms with Gasteiger partial charge in [0.15, 0.2) is 0 Å². The van der Waals surface area contributed by atoms with E-state index < -0.39 is 0 Å². The predicted molar refractivity (Wildman–Crippen MR) is 89.0 cm³/mol. The van der Waals surface area contributed by atoms with Crippen LogP contribution in [0.1, 0.15) is 32.1 Å². The highest BCUT2D eigenvalue weighted by molar-refractivity contribution is 9.10. The van der Waals surface area contributed by atoms with Gasteiger partial charge in [-0.2, -0.15) is 0 Å². The van der Waals surface area contributed by atoms with Crippen molar-refractivity contribution < 1.29 is 9.15 Å². The second kappa shape index (κ2) is 7.87. The molecule has 0 amide bonds. The molecule has 0 saturated carbocycles. The summed E-state index contributed by atoms with van der Waals surface area (Å²) in [5, 5.41) is 4.13. The predicted octanol–water partition coefficient (Wildman–Crippen LogP) is 5.20. The Morgan fingerprint density at radius 2 is 2.19 bits per heavy atom. The molecule has 1 N–H and O–H groups in total. The summed E-state index contributed by atoms with van der Waals surface area (Å²) < 4.78 is 12.5. The highest BCUT2D eigenvalue weighted by Gasteiger charge is 2.25. The summed E-state index contributed by atoms with van der Waals surface area (Å²) in [7, 11) is 0. The van der Waals surface area contributed by atoms with Gasteiger partial charge < -0.3 is 14.5 Å². The Morgan fingerprint density at radius 3 is 2.81 bits per heavy atom. The van der Waals surface area contributed by atoms with Crippen molar-refractivity contribution in [2.24, 2.45) is 0 Å². The van der Waals surface area contributed by atoms with Gasteiger partial charge in [-0.15, -0.1) is 0 Å². The molecule has 0 saturated heterocycles. The van der Waals surface area contributed by atoms with E-state index in [0.29, 0.717) is 5.02 Å². The second-order valence-corrected chi connectivity index (χ2v) is 6.14. The Bertz CT molecular complexity index is 573. The number of halogens is 2. The van der Waals surface area contributed by atoms with E-state index >= 15 is 0 Å². The van der Waals surface area contributed by atoms with Crippen LogP contribution in [0.15, 0.2) is 45.5 Å². The molecule has 2 aromatic rings. The van der Waals surface area contributed by atoms with Crippen LogP contribution in [0, 0.1) is 0 Å². The molecule has 2 atom stereocenters. The van der Waals surface area contributed by atoms with Crippen LogP contribution in [-0.2, 0) is 0 Å². The van der Waals surface area contributed by atoms with E-state index in [4.69, 9.17) is 20.8 Å². The van der Waals surface area contributed by atoms with Gasteiger partial charge in [-0.1, -0.05) is 24.6 Å². The van der Waals surface area contributed by atoms with Gasteiger partial charge in [0.25, 0.3) is 0 Å². The van der Waals surface area contributed by atoms with Crippen molar-refractivity contribution in [3.63, 3.8) is 0 Å². The lowest BCUT2D eigenvalue weighted by Crippen LogP contribution is -2.34. The molecule has 0 spiro atoms. The van der Waals surface area contributed by atoms with Crippen molar-refractivity contribution in [2.45, 2.75) is 32.4 Å². The summed E-state index contributed by atoms with van der Waals surface area (Å²) >= 11 is 9.51. The summed E-state index contributed by atoms with van der Waals surface area (Å²) in [6.45, 7) is 5.04. The van der Waals surface area contributed by atoms with Crippen molar-refractivity contribution >= 4 is 27.5 Å². The van der Waals surface area contributed by atoms with Crippen LogP contribution in [0.2, 0.25) is 5.02 Å². The van der Waals surface area contributed by atoms with Crippen LogP contribution in [-0.4, -0.2) is 12.6 Å². The maximum absolute atomic E-state index is 6.01. The zero-order chi connectivity index (χ0) is 15.2. The maximum atomic E-state index is 6.01. The number of hydrogen-bond donors (Lipinski definition) is 1. The standard InChI is InChI=1S/C16H19BrClNO2/c1-3-8-19-15(16-14(17)7-9-20-16)11(2)21-13-6-4-5-12(18)10-13/h4-7,9-11,15,19H,3,8H2,1-2H3. The summed E-state index contributed by atoms with van der Waals surface area (Å²) in [6, 6.07) is 9.27. The number of furan rings is 1. The third-order valence-corrected chi connectivity index (χ3v) is 4.02. The summed E-state index contributed by atoms with van der Waals surface area (Å²) in [5.74, 6) is 1.60. The van der Waals surface area contributed by atoms with E-state index in [0.717, 1.165) is 28.9 Å².